The van der Waals surface area contributed by atoms with Crippen LogP contribution in [0.5, 0.6) is 0 Å². The molecule has 0 aliphatic carbocycles. The van der Waals surface area contributed by atoms with Gasteiger partial charge >= 0.3 is 0 Å². The van der Waals surface area contributed by atoms with Crippen LogP contribution in [0, 0.1) is 5.41 Å². The topological polar surface area (TPSA) is 53.0 Å². The van der Waals surface area contributed by atoms with Crippen LogP contribution in [-0.4, -0.2) is 12.5 Å². The van der Waals surface area contributed by atoms with Crippen molar-refractivity contribution in [2.45, 2.75) is 13.3 Å². The van der Waals surface area contributed by atoms with Gasteiger partial charge in [0.05, 0.1) is 5.57 Å². The summed E-state index contributed by atoms with van der Waals surface area (Å²) in [6.07, 6.45) is 2.46. The molecular formula is C12H14N2O. The van der Waals surface area contributed by atoms with E-state index < -0.39 is 0 Å². The number of para-hydroxylation sites is 1. The quantitative estimate of drug-likeness (QED) is 0.438. The number of carbonyl (C=O) groups is 1. The maximum Gasteiger partial charge on any atom is 0.153 e. The van der Waals surface area contributed by atoms with Crippen molar-refractivity contribution in [3.63, 3.8) is 0 Å². The standard InChI is InChI=1S/C12H14N2O/c1-2-12(10(8-13)9-15)14-11-6-4-3-5-7-11/h3-9,13-14H,2H2,1H3/b12-10+,13-8?. The van der Waals surface area contributed by atoms with Crippen LogP contribution in [0.15, 0.2) is 41.6 Å². The fourth-order valence-corrected chi connectivity index (χ4v) is 1.25. The lowest BCUT2D eigenvalue weighted by Crippen LogP contribution is -2.04. The number of carbonyl (C=O) groups excluding carboxylic acids is 1. The molecule has 1 aromatic carbocycles. The third-order valence-electron chi connectivity index (χ3n) is 2.05. The summed E-state index contributed by atoms with van der Waals surface area (Å²) in [6.45, 7) is 1.94. The van der Waals surface area contributed by atoms with Crippen LogP contribution in [0.1, 0.15) is 13.3 Å². The summed E-state index contributed by atoms with van der Waals surface area (Å²) in [5.74, 6) is 0. The summed E-state index contributed by atoms with van der Waals surface area (Å²) in [4.78, 5) is 10.7. The van der Waals surface area contributed by atoms with Crippen LogP contribution >= 0.6 is 0 Å². The number of anilines is 1. The fourth-order valence-electron chi connectivity index (χ4n) is 1.25. The third kappa shape index (κ3) is 3.06. The molecule has 0 amide bonds. The van der Waals surface area contributed by atoms with Crippen molar-refractivity contribution in [1.82, 2.24) is 0 Å². The van der Waals surface area contributed by atoms with Gasteiger partial charge in [-0.25, -0.2) is 0 Å². The average molecular weight is 202 g/mol. The Morgan fingerprint density at radius 1 is 1.40 bits per heavy atom. The zero-order valence-electron chi connectivity index (χ0n) is 8.66. The molecule has 0 radical (unpaired) electrons. The molecule has 0 heterocycles. The Labute approximate surface area is 89.3 Å². The first-order valence-electron chi connectivity index (χ1n) is 4.82. The molecule has 0 unspecified atom stereocenters. The summed E-state index contributed by atoms with van der Waals surface area (Å²) in [5, 5.41) is 10.2. The summed E-state index contributed by atoms with van der Waals surface area (Å²) < 4.78 is 0. The lowest BCUT2D eigenvalue weighted by Gasteiger charge is -2.10. The minimum absolute atomic E-state index is 0.390. The monoisotopic (exact) mass is 202 g/mol. The highest BCUT2D eigenvalue weighted by molar-refractivity contribution is 6.01. The summed E-state index contributed by atoms with van der Waals surface area (Å²) in [6, 6.07) is 9.60. The molecule has 15 heavy (non-hydrogen) atoms. The Kier molecular flexibility index (Phi) is 4.29. The van der Waals surface area contributed by atoms with Crippen LogP contribution in [0.2, 0.25) is 0 Å². The van der Waals surface area contributed by atoms with Gasteiger partial charge < -0.3 is 10.7 Å². The SMILES string of the molecule is CC/C(Nc1ccccc1)=C(/C=N)C=O. The molecule has 0 saturated heterocycles. The molecule has 0 aliphatic rings. The fraction of sp³-hybridized carbons (Fsp3) is 0.167. The lowest BCUT2D eigenvalue weighted by atomic mass is 10.2. The molecule has 78 valence electrons. The Bertz CT molecular complexity index is 358. The van der Waals surface area contributed by atoms with Crippen molar-refractivity contribution in [2.75, 3.05) is 5.32 Å². The van der Waals surface area contributed by atoms with Gasteiger partial charge in [-0.1, -0.05) is 25.1 Å². The predicted octanol–water partition coefficient (Wildman–Crippen LogP) is 2.61. The van der Waals surface area contributed by atoms with E-state index in [2.05, 4.69) is 5.32 Å². The van der Waals surface area contributed by atoms with E-state index in [4.69, 9.17) is 5.41 Å². The Morgan fingerprint density at radius 3 is 2.53 bits per heavy atom. The molecule has 1 rings (SSSR count). The summed E-state index contributed by atoms with van der Waals surface area (Å²) in [7, 11) is 0. The average Bonchev–Trinajstić information content (AvgIpc) is 2.30. The van der Waals surface area contributed by atoms with E-state index in [-0.39, 0.29) is 0 Å². The normalized spacial score (nSPS) is 11.5. The van der Waals surface area contributed by atoms with Gasteiger partial charge in [0.15, 0.2) is 6.29 Å². The van der Waals surface area contributed by atoms with Crippen molar-refractivity contribution in [3.8, 4) is 0 Å². The van der Waals surface area contributed by atoms with Crippen molar-refractivity contribution in [2.24, 2.45) is 0 Å². The first-order chi connectivity index (χ1) is 7.31. The predicted molar refractivity (Wildman–Crippen MR) is 62.2 cm³/mol. The summed E-state index contributed by atoms with van der Waals surface area (Å²) in [5.41, 5.74) is 2.09. The Morgan fingerprint density at radius 2 is 2.07 bits per heavy atom. The van der Waals surface area contributed by atoms with E-state index in [1.807, 2.05) is 37.3 Å². The van der Waals surface area contributed by atoms with Crippen LogP contribution in [0.4, 0.5) is 5.69 Å². The van der Waals surface area contributed by atoms with Gasteiger partial charge in [-0.2, -0.15) is 0 Å². The minimum atomic E-state index is 0.390. The van der Waals surface area contributed by atoms with Crippen LogP contribution in [-0.2, 0) is 4.79 Å². The molecule has 0 fully saturated rings. The van der Waals surface area contributed by atoms with E-state index in [0.717, 1.165) is 17.6 Å². The van der Waals surface area contributed by atoms with Crippen molar-refractivity contribution >= 4 is 18.2 Å². The molecule has 0 atom stereocenters. The zero-order valence-corrected chi connectivity index (χ0v) is 8.66. The lowest BCUT2D eigenvalue weighted by molar-refractivity contribution is -0.104. The zero-order chi connectivity index (χ0) is 11.1. The first-order valence-corrected chi connectivity index (χ1v) is 4.82. The van der Waals surface area contributed by atoms with Crippen LogP contribution < -0.4 is 5.32 Å². The number of nitrogens with one attached hydrogen (secondary N) is 2. The second kappa shape index (κ2) is 5.75. The number of hydrogen-bond donors (Lipinski definition) is 2. The van der Waals surface area contributed by atoms with E-state index in [0.29, 0.717) is 18.3 Å². The smallest absolute Gasteiger partial charge is 0.153 e. The minimum Gasteiger partial charge on any atom is -0.358 e. The van der Waals surface area contributed by atoms with E-state index in [1.54, 1.807) is 0 Å². The third-order valence-corrected chi connectivity index (χ3v) is 2.05. The molecule has 3 heteroatoms. The van der Waals surface area contributed by atoms with Gasteiger partial charge in [0, 0.05) is 17.6 Å². The molecule has 3 nitrogen and oxygen atoms in total. The van der Waals surface area contributed by atoms with E-state index in [1.165, 1.54) is 0 Å². The first kappa shape index (κ1) is 11.2. The molecule has 0 saturated carbocycles. The molecule has 0 aromatic heterocycles. The van der Waals surface area contributed by atoms with Crippen LogP contribution in [0.25, 0.3) is 0 Å². The summed E-state index contributed by atoms with van der Waals surface area (Å²) >= 11 is 0. The van der Waals surface area contributed by atoms with Gasteiger partial charge in [0.1, 0.15) is 0 Å². The maximum absolute atomic E-state index is 10.7. The van der Waals surface area contributed by atoms with Gasteiger partial charge in [-0.15, -0.1) is 0 Å². The van der Waals surface area contributed by atoms with Crippen molar-refractivity contribution in [1.29, 1.82) is 5.41 Å². The van der Waals surface area contributed by atoms with Crippen molar-refractivity contribution < 1.29 is 4.79 Å². The largest absolute Gasteiger partial charge is 0.358 e. The molecule has 0 bridgehead atoms. The second-order valence-corrected chi connectivity index (χ2v) is 3.04. The molecule has 1 aromatic rings. The number of hydrogen-bond acceptors (Lipinski definition) is 3. The van der Waals surface area contributed by atoms with Gasteiger partial charge in [0.2, 0.25) is 0 Å². The number of aldehydes is 1. The van der Waals surface area contributed by atoms with Gasteiger partial charge in [0.25, 0.3) is 0 Å². The highest BCUT2D eigenvalue weighted by Crippen LogP contribution is 2.12. The van der Waals surface area contributed by atoms with E-state index >= 15 is 0 Å². The molecular weight excluding hydrogens is 188 g/mol. The van der Waals surface area contributed by atoms with E-state index in [9.17, 15) is 4.79 Å². The number of benzene rings is 1. The molecule has 2 N–H and O–H groups in total. The van der Waals surface area contributed by atoms with Gasteiger partial charge in [-0.3, -0.25) is 4.79 Å². The Balaban J connectivity index is 2.91. The van der Waals surface area contributed by atoms with Crippen molar-refractivity contribution in [3.05, 3.63) is 41.6 Å². The number of rotatable bonds is 5. The van der Waals surface area contributed by atoms with Gasteiger partial charge in [-0.05, 0) is 18.6 Å². The second-order valence-electron chi connectivity index (χ2n) is 3.04. The number of allylic oxidation sites excluding steroid dienone is 2. The highest BCUT2D eigenvalue weighted by atomic mass is 16.1. The highest BCUT2D eigenvalue weighted by Gasteiger charge is 2.01. The molecule has 0 spiro atoms. The van der Waals surface area contributed by atoms with Crippen LogP contribution in [0.3, 0.4) is 0 Å². The maximum atomic E-state index is 10.7. The Hall–Kier alpha value is -1.90. The molecule has 0 aliphatic heterocycles.